The van der Waals surface area contributed by atoms with Crippen LogP contribution in [0.25, 0.3) is 0 Å². The first-order chi connectivity index (χ1) is 9.65. The molecule has 1 unspecified atom stereocenters. The van der Waals surface area contributed by atoms with Gasteiger partial charge in [-0.25, -0.2) is 0 Å². The molecule has 0 aliphatic carbocycles. The first kappa shape index (κ1) is 14.4. The molecule has 0 N–H and O–H groups in total. The van der Waals surface area contributed by atoms with Crippen molar-refractivity contribution in [3.8, 4) is 11.5 Å². The zero-order chi connectivity index (χ0) is 14.5. The van der Waals surface area contributed by atoms with Crippen LogP contribution < -0.4 is 9.47 Å². The third-order valence-electron chi connectivity index (χ3n) is 3.55. The molecule has 0 aromatic heterocycles. The van der Waals surface area contributed by atoms with Crippen molar-refractivity contribution in [2.75, 3.05) is 13.7 Å². The second kappa shape index (κ2) is 6.47. The predicted octanol–water partition coefficient (Wildman–Crippen LogP) is 4.55. The third-order valence-corrected chi connectivity index (χ3v) is 3.55. The summed E-state index contributed by atoms with van der Waals surface area (Å²) in [5, 5.41) is 0. The number of hydrogen-bond acceptors (Lipinski definition) is 2. The number of hydrogen-bond donors (Lipinski definition) is 0. The maximum absolute atomic E-state index is 5.51. The van der Waals surface area contributed by atoms with Gasteiger partial charge in [0.15, 0.2) is 0 Å². The Kier molecular flexibility index (Phi) is 4.67. The second-order valence-corrected chi connectivity index (χ2v) is 4.97. The zero-order valence-electron chi connectivity index (χ0n) is 12.6. The predicted molar refractivity (Wildman–Crippen MR) is 82.9 cm³/mol. The molecular weight excluding hydrogens is 248 g/mol. The first-order valence-electron chi connectivity index (χ1n) is 7.03. The van der Waals surface area contributed by atoms with Crippen molar-refractivity contribution >= 4 is 0 Å². The molecule has 0 aliphatic heterocycles. The molecule has 0 saturated heterocycles. The van der Waals surface area contributed by atoms with E-state index in [1.807, 2.05) is 19.1 Å². The summed E-state index contributed by atoms with van der Waals surface area (Å²) in [6.07, 6.45) is 0. The van der Waals surface area contributed by atoms with E-state index < -0.39 is 0 Å². The number of rotatable bonds is 5. The van der Waals surface area contributed by atoms with Crippen LogP contribution in [0.1, 0.15) is 36.5 Å². The van der Waals surface area contributed by atoms with Crippen LogP contribution in [0.2, 0.25) is 0 Å². The monoisotopic (exact) mass is 270 g/mol. The average Bonchev–Trinajstić information content (AvgIpc) is 2.47. The molecule has 0 bridgehead atoms. The lowest BCUT2D eigenvalue weighted by atomic mass is 9.92. The summed E-state index contributed by atoms with van der Waals surface area (Å²) < 4.78 is 11.0. The zero-order valence-corrected chi connectivity index (χ0v) is 12.6. The van der Waals surface area contributed by atoms with Crippen LogP contribution in [-0.4, -0.2) is 13.7 Å². The van der Waals surface area contributed by atoms with E-state index in [-0.39, 0.29) is 0 Å². The van der Waals surface area contributed by atoms with Gasteiger partial charge in [-0.2, -0.15) is 0 Å². The minimum atomic E-state index is 0.293. The molecule has 2 nitrogen and oxygen atoms in total. The highest BCUT2D eigenvalue weighted by Gasteiger charge is 2.13. The van der Waals surface area contributed by atoms with E-state index in [1.165, 1.54) is 16.7 Å². The molecule has 0 aliphatic rings. The summed E-state index contributed by atoms with van der Waals surface area (Å²) in [5.41, 5.74) is 3.68. The van der Waals surface area contributed by atoms with Crippen molar-refractivity contribution in [2.24, 2.45) is 0 Å². The molecule has 0 saturated carbocycles. The van der Waals surface area contributed by atoms with Gasteiger partial charge in [-0.3, -0.25) is 0 Å². The SMILES string of the molecule is CCOc1ccc(C(C)c2ccc(C)cc2OC)cc1. The normalized spacial score (nSPS) is 12.0. The Labute approximate surface area is 121 Å². The van der Waals surface area contributed by atoms with E-state index in [4.69, 9.17) is 9.47 Å². The highest BCUT2D eigenvalue weighted by Crippen LogP contribution is 2.32. The van der Waals surface area contributed by atoms with Crippen molar-refractivity contribution in [3.05, 3.63) is 59.2 Å². The molecule has 20 heavy (non-hydrogen) atoms. The van der Waals surface area contributed by atoms with E-state index in [1.54, 1.807) is 7.11 Å². The number of methoxy groups -OCH3 is 1. The fourth-order valence-electron chi connectivity index (χ4n) is 2.38. The van der Waals surface area contributed by atoms with E-state index in [0.29, 0.717) is 12.5 Å². The molecule has 0 radical (unpaired) electrons. The van der Waals surface area contributed by atoms with Crippen LogP contribution in [0, 0.1) is 6.92 Å². The lowest BCUT2D eigenvalue weighted by molar-refractivity contribution is 0.340. The number of ether oxygens (including phenoxy) is 2. The van der Waals surface area contributed by atoms with Gasteiger partial charge >= 0.3 is 0 Å². The molecule has 2 heteroatoms. The topological polar surface area (TPSA) is 18.5 Å². The van der Waals surface area contributed by atoms with Gasteiger partial charge < -0.3 is 9.47 Å². The van der Waals surface area contributed by atoms with E-state index >= 15 is 0 Å². The first-order valence-corrected chi connectivity index (χ1v) is 7.03. The molecule has 0 amide bonds. The Balaban J connectivity index is 2.28. The summed E-state index contributed by atoms with van der Waals surface area (Å²) in [6.45, 7) is 6.96. The molecule has 2 aromatic carbocycles. The Morgan fingerprint density at radius 3 is 2.35 bits per heavy atom. The molecule has 0 fully saturated rings. The van der Waals surface area contributed by atoms with Gasteiger partial charge in [0.2, 0.25) is 0 Å². The fraction of sp³-hybridized carbons (Fsp3) is 0.333. The van der Waals surface area contributed by atoms with Gasteiger partial charge in [-0.05, 0) is 43.2 Å². The smallest absolute Gasteiger partial charge is 0.122 e. The largest absolute Gasteiger partial charge is 0.496 e. The molecule has 2 aromatic rings. The van der Waals surface area contributed by atoms with Gasteiger partial charge in [0, 0.05) is 11.5 Å². The molecular formula is C18H22O2. The molecule has 0 spiro atoms. The van der Waals surface area contributed by atoms with Crippen LogP contribution in [0.4, 0.5) is 0 Å². The maximum Gasteiger partial charge on any atom is 0.122 e. The van der Waals surface area contributed by atoms with Crippen LogP contribution >= 0.6 is 0 Å². The number of benzene rings is 2. The quantitative estimate of drug-likeness (QED) is 0.793. The minimum Gasteiger partial charge on any atom is -0.496 e. The van der Waals surface area contributed by atoms with Crippen LogP contribution in [0.3, 0.4) is 0 Å². The van der Waals surface area contributed by atoms with Gasteiger partial charge in [0.05, 0.1) is 13.7 Å². The molecule has 106 valence electrons. The van der Waals surface area contributed by atoms with Gasteiger partial charge in [0.25, 0.3) is 0 Å². The Bertz CT molecular complexity index is 558. The summed E-state index contributed by atoms with van der Waals surface area (Å²) >= 11 is 0. The van der Waals surface area contributed by atoms with Crippen molar-refractivity contribution in [2.45, 2.75) is 26.7 Å². The third kappa shape index (κ3) is 3.13. The second-order valence-electron chi connectivity index (χ2n) is 4.97. The van der Waals surface area contributed by atoms with E-state index in [9.17, 15) is 0 Å². The minimum absolute atomic E-state index is 0.293. The Hall–Kier alpha value is -1.96. The van der Waals surface area contributed by atoms with E-state index in [0.717, 1.165) is 11.5 Å². The van der Waals surface area contributed by atoms with Crippen molar-refractivity contribution < 1.29 is 9.47 Å². The standard InChI is InChI=1S/C18H22O2/c1-5-20-16-9-7-15(8-10-16)14(3)17-11-6-13(2)12-18(17)19-4/h6-12,14H,5H2,1-4H3. The van der Waals surface area contributed by atoms with Crippen LogP contribution in [0.15, 0.2) is 42.5 Å². The molecule has 0 heterocycles. The molecule has 1 atom stereocenters. The van der Waals surface area contributed by atoms with E-state index in [2.05, 4.69) is 44.2 Å². The van der Waals surface area contributed by atoms with Gasteiger partial charge in [-0.15, -0.1) is 0 Å². The summed E-state index contributed by atoms with van der Waals surface area (Å²) in [5.74, 6) is 2.16. The molecule has 2 rings (SSSR count). The summed E-state index contributed by atoms with van der Waals surface area (Å²) in [7, 11) is 1.73. The maximum atomic E-state index is 5.51. The summed E-state index contributed by atoms with van der Waals surface area (Å²) in [4.78, 5) is 0. The summed E-state index contributed by atoms with van der Waals surface area (Å²) in [6, 6.07) is 14.6. The Morgan fingerprint density at radius 2 is 1.75 bits per heavy atom. The van der Waals surface area contributed by atoms with Gasteiger partial charge in [-0.1, -0.05) is 31.2 Å². The highest BCUT2D eigenvalue weighted by atomic mass is 16.5. The van der Waals surface area contributed by atoms with Crippen molar-refractivity contribution in [1.29, 1.82) is 0 Å². The number of aryl methyl sites for hydroxylation is 1. The van der Waals surface area contributed by atoms with Crippen molar-refractivity contribution in [1.82, 2.24) is 0 Å². The lowest BCUT2D eigenvalue weighted by Crippen LogP contribution is -2.00. The fourth-order valence-corrected chi connectivity index (χ4v) is 2.38. The average molecular weight is 270 g/mol. The highest BCUT2D eigenvalue weighted by molar-refractivity contribution is 5.44. The van der Waals surface area contributed by atoms with Crippen molar-refractivity contribution in [3.63, 3.8) is 0 Å². The lowest BCUT2D eigenvalue weighted by Gasteiger charge is -2.17. The van der Waals surface area contributed by atoms with Crippen LogP contribution in [0.5, 0.6) is 11.5 Å². The Morgan fingerprint density at radius 1 is 1.05 bits per heavy atom. The van der Waals surface area contributed by atoms with Crippen LogP contribution in [-0.2, 0) is 0 Å². The van der Waals surface area contributed by atoms with Gasteiger partial charge in [0.1, 0.15) is 11.5 Å².